The molecule has 1 aliphatic carbocycles. The second kappa shape index (κ2) is 3.85. The summed E-state index contributed by atoms with van der Waals surface area (Å²) in [5.41, 5.74) is 0.241. The highest BCUT2D eigenvalue weighted by atomic mass is 35.5. The molecule has 1 heterocycles. The van der Waals surface area contributed by atoms with E-state index in [4.69, 9.17) is 11.6 Å². The molecule has 0 aromatic carbocycles. The Morgan fingerprint density at radius 3 is 2.64 bits per heavy atom. The van der Waals surface area contributed by atoms with Gasteiger partial charge in [-0.05, 0) is 23.5 Å². The van der Waals surface area contributed by atoms with Crippen LogP contribution in [0.25, 0.3) is 0 Å². The van der Waals surface area contributed by atoms with Gasteiger partial charge in [-0.3, -0.25) is 0 Å². The number of halogens is 1. The third-order valence-electron chi connectivity index (χ3n) is 3.03. The highest BCUT2D eigenvalue weighted by Crippen LogP contribution is 2.41. The molecule has 0 spiro atoms. The van der Waals surface area contributed by atoms with Crippen LogP contribution in [0.1, 0.15) is 31.5 Å². The molecule has 5 heteroatoms. The number of hydrogen-bond donors (Lipinski definition) is 0. The summed E-state index contributed by atoms with van der Waals surface area (Å²) in [7, 11) is 1.79. The summed E-state index contributed by atoms with van der Waals surface area (Å²) >= 11 is 6.04. The minimum absolute atomic E-state index is 0.241. The molecule has 0 saturated heterocycles. The summed E-state index contributed by atoms with van der Waals surface area (Å²) in [5, 5.41) is 12.1. The smallest absolute Gasteiger partial charge is 0.167 e. The van der Waals surface area contributed by atoms with Gasteiger partial charge in [-0.1, -0.05) is 12.8 Å². The molecule has 0 bridgehead atoms. The lowest BCUT2D eigenvalue weighted by Crippen LogP contribution is -2.22. The number of nitrogens with zero attached hydrogens (tertiary/aromatic N) is 4. The number of aromatic nitrogens is 4. The van der Waals surface area contributed by atoms with Gasteiger partial charge in [0.15, 0.2) is 5.82 Å². The van der Waals surface area contributed by atoms with E-state index in [0.29, 0.717) is 5.88 Å². The monoisotopic (exact) mass is 214 g/mol. The average molecular weight is 215 g/mol. The summed E-state index contributed by atoms with van der Waals surface area (Å²) in [4.78, 5) is 1.51. The van der Waals surface area contributed by atoms with E-state index in [1.807, 2.05) is 0 Å². The van der Waals surface area contributed by atoms with Crippen molar-refractivity contribution < 1.29 is 0 Å². The number of rotatable bonds is 3. The zero-order chi connectivity index (χ0) is 10.0. The van der Waals surface area contributed by atoms with Crippen LogP contribution < -0.4 is 0 Å². The maximum Gasteiger partial charge on any atom is 0.175 e. The Bertz CT molecular complexity index is 304. The van der Waals surface area contributed by atoms with Gasteiger partial charge >= 0.3 is 0 Å². The summed E-state index contributed by atoms with van der Waals surface area (Å²) in [5.74, 6) is 1.54. The molecule has 0 N–H and O–H groups in total. The maximum atomic E-state index is 6.04. The molecule has 1 aromatic heterocycles. The van der Waals surface area contributed by atoms with E-state index in [-0.39, 0.29) is 5.41 Å². The van der Waals surface area contributed by atoms with Gasteiger partial charge < -0.3 is 0 Å². The van der Waals surface area contributed by atoms with Crippen molar-refractivity contribution in [2.45, 2.75) is 32.1 Å². The van der Waals surface area contributed by atoms with Gasteiger partial charge in [-0.25, -0.2) is 0 Å². The van der Waals surface area contributed by atoms with Crippen molar-refractivity contribution in [2.75, 3.05) is 5.88 Å². The van der Waals surface area contributed by atoms with E-state index >= 15 is 0 Å². The average Bonchev–Trinajstić information content (AvgIpc) is 2.77. The van der Waals surface area contributed by atoms with Gasteiger partial charge in [0.05, 0.1) is 7.05 Å². The van der Waals surface area contributed by atoms with Gasteiger partial charge in [0, 0.05) is 12.3 Å². The van der Waals surface area contributed by atoms with Crippen molar-refractivity contribution in [3.8, 4) is 0 Å². The Labute approximate surface area is 88.6 Å². The Morgan fingerprint density at radius 1 is 1.43 bits per heavy atom. The molecule has 14 heavy (non-hydrogen) atoms. The van der Waals surface area contributed by atoms with Gasteiger partial charge in [0.1, 0.15) is 0 Å². The van der Waals surface area contributed by atoms with E-state index in [1.165, 1.54) is 30.5 Å². The van der Waals surface area contributed by atoms with Crippen LogP contribution in [0.5, 0.6) is 0 Å². The van der Waals surface area contributed by atoms with Crippen LogP contribution in [-0.2, 0) is 13.5 Å². The molecule has 4 nitrogen and oxygen atoms in total. The molecule has 1 saturated carbocycles. The van der Waals surface area contributed by atoms with Crippen LogP contribution in [0.3, 0.4) is 0 Å². The lowest BCUT2D eigenvalue weighted by Gasteiger charge is -2.23. The topological polar surface area (TPSA) is 43.6 Å². The summed E-state index contributed by atoms with van der Waals surface area (Å²) in [6.07, 6.45) is 5.85. The molecule has 2 rings (SSSR count). The number of alkyl halides is 1. The zero-order valence-corrected chi connectivity index (χ0v) is 9.17. The highest BCUT2D eigenvalue weighted by molar-refractivity contribution is 6.18. The van der Waals surface area contributed by atoms with Crippen LogP contribution in [0, 0.1) is 5.41 Å². The van der Waals surface area contributed by atoms with Crippen LogP contribution in [0.2, 0.25) is 0 Å². The quantitative estimate of drug-likeness (QED) is 0.718. The fraction of sp³-hybridized carbons (Fsp3) is 0.889. The molecular weight excluding hydrogens is 200 g/mol. The molecule has 0 radical (unpaired) electrons. The summed E-state index contributed by atoms with van der Waals surface area (Å²) < 4.78 is 0. The number of aryl methyl sites for hydroxylation is 1. The molecule has 1 aliphatic rings. The molecule has 1 aromatic rings. The Hall–Kier alpha value is -0.640. The Kier molecular flexibility index (Phi) is 2.72. The van der Waals surface area contributed by atoms with Crippen LogP contribution in [-0.4, -0.2) is 26.1 Å². The molecule has 0 aliphatic heterocycles. The third-order valence-corrected chi connectivity index (χ3v) is 3.60. The van der Waals surface area contributed by atoms with Crippen LogP contribution in [0.15, 0.2) is 0 Å². The molecule has 0 amide bonds. The molecule has 0 unspecified atom stereocenters. The first-order valence-electron chi connectivity index (χ1n) is 5.03. The van der Waals surface area contributed by atoms with Gasteiger partial charge in [-0.15, -0.1) is 21.8 Å². The van der Waals surface area contributed by atoms with E-state index < -0.39 is 0 Å². The van der Waals surface area contributed by atoms with Crippen molar-refractivity contribution in [3.63, 3.8) is 0 Å². The van der Waals surface area contributed by atoms with Crippen molar-refractivity contribution >= 4 is 11.6 Å². The highest BCUT2D eigenvalue weighted by Gasteiger charge is 2.34. The first-order valence-corrected chi connectivity index (χ1v) is 5.56. The van der Waals surface area contributed by atoms with E-state index in [9.17, 15) is 0 Å². The third kappa shape index (κ3) is 1.90. The number of hydrogen-bond acceptors (Lipinski definition) is 3. The second-order valence-corrected chi connectivity index (χ2v) is 4.48. The van der Waals surface area contributed by atoms with E-state index in [2.05, 4.69) is 15.4 Å². The Balaban J connectivity index is 2.08. The minimum atomic E-state index is 0.241. The van der Waals surface area contributed by atoms with E-state index in [0.717, 1.165) is 12.2 Å². The van der Waals surface area contributed by atoms with Crippen molar-refractivity contribution in [2.24, 2.45) is 12.5 Å². The van der Waals surface area contributed by atoms with Crippen molar-refractivity contribution in [1.29, 1.82) is 0 Å². The minimum Gasteiger partial charge on any atom is -0.167 e. The zero-order valence-electron chi connectivity index (χ0n) is 8.41. The predicted molar refractivity (Wildman–Crippen MR) is 54.1 cm³/mol. The largest absolute Gasteiger partial charge is 0.175 e. The molecular formula is C9H15ClN4. The van der Waals surface area contributed by atoms with Gasteiger partial charge in [-0.2, -0.15) is 4.80 Å². The first-order chi connectivity index (χ1) is 6.74. The predicted octanol–water partition coefficient (Wildman–Crippen LogP) is 1.55. The standard InChI is InChI=1S/C9H15ClN4/c1-14-12-8(11-13-14)6-9(7-10)4-2-3-5-9/h2-7H2,1H3. The summed E-state index contributed by atoms with van der Waals surface area (Å²) in [6.45, 7) is 0. The lowest BCUT2D eigenvalue weighted by atomic mass is 9.85. The van der Waals surface area contributed by atoms with Gasteiger partial charge in [0.25, 0.3) is 0 Å². The SMILES string of the molecule is Cn1nnc(CC2(CCl)CCCC2)n1. The van der Waals surface area contributed by atoms with Crippen LogP contribution >= 0.6 is 11.6 Å². The number of tetrazole rings is 1. The fourth-order valence-corrected chi connectivity index (χ4v) is 2.57. The van der Waals surface area contributed by atoms with Crippen molar-refractivity contribution in [1.82, 2.24) is 20.2 Å². The second-order valence-electron chi connectivity index (χ2n) is 4.21. The lowest BCUT2D eigenvalue weighted by molar-refractivity contribution is 0.332. The maximum absolute atomic E-state index is 6.04. The van der Waals surface area contributed by atoms with Crippen LogP contribution in [0.4, 0.5) is 0 Å². The fourth-order valence-electron chi connectivity index (χ4n) is 2.21. The molecule has 78 valence electrons. The van der Waals surface area contributed by atoms with Crippen molar-refractivity contribution in [3.05, 3.63) is 5.82 Å². The normalized spacial score (nSPS) is 20.1. The first kappa shape index (κ1) is 9.90. The summed E-state index contributed by atoms with van der Waals surface area (Å²) in [6, 6.07) is 0. The molecule has 1 fully saturated rings. The van der Waals surface area contributed by atoms with Gasteiger partial charge in [0.2, 0.25) is 0 Å². The molecule has 0 atom stereocenters. The Morgan fingerprint density at radius 2 is 2.14 bits per heavy atom. The van der Waals surface area contributed by atoms with E-state index in [1.54, 1.807) is 7.05 Å².